The second-order valence-corrected chi connectivity index (χ2v) is 8.29. The number of hydrogen-bond acceptors (Lipinski definition) is 4. The SMILES string of the molecule is Cc1cc(C)cc(NC(=O)c2ccc([C@@H]3SCC(=O)N3Cc3ccco3)cc2)c1. The third-order valence-electron chi connectivity index (χ3n) is 4.81. The fraction of sp³-hybridized carbons (Fsp3) is 0.217. The summed E-state index contributed by atoms with van der Waals surface area (Å²) in [6, 6.07) is 17.1. The van der Waals surface area contributed by atoms with Gasteiger partial charge in [0.05, 0.1) is 18.6 Å². The van der Waals surface area contributed by atoms with Crippen molar-refractivity contribution in [2.45, 2.75) is 25.8 Å². The molecule has 1 atom stereocenters. The Morgan fingerprint density at radius 2 is 1.86 bits per heavy atom. The molecule has 0 unspecified atom stereocenters. The molecular formula is C23H22N2O3S. The lowest BCUT2D eigenvalue weighted by Gasteiger charge is -2.23. The van der Waals surface area contributed by atoms with Gasteiger partial charge in [0.25, 0.3) is 5.91 Å². The van der Waals surface area contributed by atoms with E-state index in [0.717, 1.165) is 28.1 Å². The van der Waals surface area contributed by atoms with E-state index >= 15 is 0 Å². The van der Waals surface area contributed by atoms with E-state index in [-0.39, 0.29) is 17.2 Å². The number of anilines is 1. The second kappa shape index (κ2) is 8.17. The van der Waals surface area contributed by atoms with Gasteiger partial charge in [-0.3, -0.25) is 9.59 Å². The van der Waals surface area contributed by atoms with E-state index in [4.69, 9.17) is 4.42 Å². The van der Waals surface area contributed by atoms with Gasteiger partial charge < -0.3 is 14.6 Å². The van der Waals surface area contributed by atoms with Gasteiger partial charge in [0.2, 0.25) is 5.91 Å². The van der Waals surface area contributed by atoms with Crippen molar-refractivity contribution in [1.82, 2.24) is 4.90 Å². The Hall–Kier alpha value is -2.99. The lowest BCUT2D eigenvalue weighted by atomic mass is 10.1. The molecule has 1 saturated heterocycles. The van der Waals surface area contributed by atoms with Crippen LogP contribution in [0, 0.1) is 13.8 Å². The van der Waals surface area contributed by atoms with Gasteiger partial charge >= 0.3 is 0 Å². The minimum absolute atomic E-state index is 0.0795. The first kappa shape index (κ1) is 19.3. The number of carbonyl (C=O) groups is 2. The Kier molecular flexibility index (Phi) is 5.45. The maximum atomic E-state index is 12.6. The predicted octanol–water partition coefficient (Wildman–Crippen LogP) is 4.92. The standard InChI is InChI=1S/C23H22N2O3S/c1-15-10-16(2)12-19(11-15)24-22(27)17-5-7-18(8-6-17)23-25(21(26)14-29-23)13-20-4-3-9-28-20/h3-12,23H,13-14H2,1-2H3,(H,24,27)/t23-/m0/s1. The molecule has 0 spiro atoms. The van der Waals surface area contributed by atoms with Gasteiger partial charge in [-0.25, -0.2) is 0 Å². The van der Waals surface area contributed by atoms with E-state index in [2.05, 4.69) is 11.4 Å². The van der Waals surface area contributed by atoms with E-state index in [1.54, 1.807) is 18.0 Å². The van der Waals surface area contributed by atoms with Gasteiger partial charge in [-0.1, -0.05) is 18.2 Å². The van der Waals surface area contributed by atoms with E-state index < -0.39 is 0 Å². The molecule has 5 nitrogen and oxygen atoms in total. The highest BCUT2D eigenvalue weighted by Gasteiger charge is 2.33. The van der Waals surface area contributed by atoms with Crippen molar-refractivity contribution in [3.05, 3.63) is 88.9 Å². The Morgan fingerprint density at radius 1 is 1.14 bits per heavy atom. The van der Waals surface area contributed by atoms with Crippen molar-refractivity contribution in [2.24, 2.45) is 0 Å². The first-order valence-corrected chi connectivity index (χ1v) is 10.5. The topological polar surface area (TPSA) is 62.6 Å². The van der Waals surface area contributed by atoms with E-state index in [1.165, 1.54) is 0 Å². The summed E-state index contributed by atoms with van der Waals surface area (Å²) in [4.78, 5) is 26.7. The van der Waals surface area contributed by atoms with Crippen molar-refractivity contribution >= 4 is 29.3 Å². The molecule has 1 fully saturated rings. The molecule has 0 radical (unpaired) electrons. The average molecular weight is 407 g/mol. The summed E-state index contributed by atoms with van der Waals surface area (Å²) >= 11 is 1.59. The smallest absolute Gasteiger partial charge is 0.255 e. The largest absolute Gasteiger partial charge is 0.467 e. The average Bonchev–Trinajstić information content (AvgIpc) is 3.32. The molecule has 148 valence electrons. The Bertz CT molecular complexity index is 1010. The van der Waals surface area contributed by atoms with Gasteiger partial charge in [0.15, 0.2) is 0 Å². The second-order valence-electron chi connectivity index (χ2n) is 7.22. The van der Waals surface area contributed by atoms with Crippen LogP contribution in [0.5, 0.6) is 0 Å². The lowest BCUT2D eigenvalue weighted by molar-refractivity contribution is -0.128. The lowest BCUT2D eigenvalue weighted by Crippen LogP contribution is -2.27. The molecule has 2 aromatic carbocycles. The molecule has 4 rings (SSSR count). The van der Waals surface area contributed by atoms with Gasteiger partial charge in [-0.05, 0) is 66.9 Å². The number of nitrogens with zero attached hydrogens (tertiary/aromatic N) is 1. The van der Waals surface area contributed by atoms with Gasteiger partial charge in [0.1, 0.15) is 11.1 Å². The zero-order valence-electron chi connectivity index (χ0n) is 16.3. The molecule has 0 aliphatic carbocycles. The van der Waals surface area contributed by atoms with Crippen molar-refractivity contribution in [3.8, 4) is 0 Å². The van der Waals surface area contributed by atoms with Crippen LogP contribution in [0.15, 0.2) is 65.3 Å². The minimum atomic E-state index is -0.149. The summed E-state index contributed by atoms with van der Waals surface area (Å²) in [5.74, 6) is 1.15. The number of benzene rings is 2. The molecule has 29 heavy (non-hydrogen) atoms. The highest BCUT2D eigenvalue weighted by Crippen LogP contribution is 2.39. The Balaban J connectivity index is 1.48. The van der Waals surface area contributed by atoms with Gasteiger partial charge in [-0.2, -0.15) is 0 Å². The number of thioether (sulfide) groups is 1. The first-order valence-electron chi connectivity index (χ1n) is 9.43. The van der Waals surface area contributed by atoms with Crippen molar-refractivity contribution in [3.63, 3.8) is 0 Å². The normalized spacial score (nSPS) is 16.3. The van der Waals surface area contributed by atoms with Crippen molar-refractivity contribution in [2.75, 3.05) is 11.1 Å². The zero-order valence-corrected chi connectivity index (χ0v) is 17.2. The van der Waals surface area contributed by atoms with Gasteiger partial charge in [0, 0.05) is 11.3 Å². The fourth-order valence-corrected chi connectivity index (χ4v) is 4.71. The molecule has 1 N–H and O–H groups in total. The van der Waals surface area contributed by atoms with Crippen LogP contribution < -0.4 is 5.32 Å². The van der Waals surface area contributed by atoms with Crippen LogP contribution in [0.4, 0.5) is 5.69 Å². The van der Waals surface area contributed by atoms with E-state index in [9.17, 15) is 9.59 Å². The van der Waals surface area contributed by atoms with Crippen LogP contribution in [-0.2, 0) is 11.3 Å². The van der Waals surface area contributed by atoms with Crippen LogP contribution in [0.3, 0.4) is 0 Å². The molecule has 0 bridgehead atoms. The molecule has 1 aliphatic rings. The predicted molar refractivity (Wildman–Crippen MR) is 115 cm³/mol. The summed E-state index contributed by atoms with van der Waals surface area (Å²) in [6.45, 7) is 4.46. The van der Waals surface area contributed by atoms with Crippen LogP contribution in [-0.4, -0.2) is 22.5 Å². The summed E-state index contributed by atoms with van der Waals surface area (Å²) < 4.78 is 5.40. The maximum absolute atomic E-state index is 12.6. The molecule has 1 aromatic heterocycles. The Labute approximate surface area is 174 Å². The van der Waals surface area contributed by atoms with Crippen LogP contribution in [0.2, 0.25) is 0 Å². The number of hydrogen-bond donors (Lipinski definition) is 1. The third-order valence-corrected chi connectivity index (χ3v) is 6.07. The van der Waals surface area contributed by atoms with Crippen molar-refractivity contribution in [1.29, 1.82) is 0 Å². The zero-order chi connectivity index (χ0) is 20.4. The van der Waals surface area contributed by atoms with Crippen LogP contribution in [0.1, 0.15) is 38.2 Å². The van der Waals surface area contributed by atoms with E-state index in [0.29, 0.717) is 17.9 Å². The molecule has 6 heteroatoms. The number of carbonyl (C=O) groups excluding carboxylic acids is 2. The molecule has 3 aromatic rings. The highest BCUT2D eigenvalue weighted by atomic mass is 32.2. The maximum Gasteiger partial charge on any atom is 0.255 e. The summed E-state index contributed by atoms with van der Waals surface area (Å²) in [5, 5.41) is 2.87. The summed E-state index contributed by atoms with van der Waals surface area (Å²) in [7, 11) is 0. The van der Waals surface area contributed by atoms with Crippen LogP contribution in [0.25, 0.3) is 0 Å². The molecular weight excluding hydrogens is 384 g/mol. The fourth-order valence-electron chi connectivity index (χ4n) is 3.52. The molecule has 0 saturated carbocycles. The highest BCUT2D eigenvalue weighted by molar-refractivity contribution is 8.00. The van der Waals surface area contributed by atoms with Gasteiger partial charge in [-0.15, -0.1) is 11.8 Å². The van der Waals surface area contributed by atoms with Crippen LogP contribution >= 0.6 is 11.8 Å². The molecule has 1 aliphatic heterocycles. The quantitative estimate of drug-likeness (QED) is 0.653. The number of rotatable bonds is 5. The molecule has 2 amide bonds. The van der Waals surface area contributed by atoms with Crippen molar-refractivity contribution < 1.29 is 14.0 Å². The summed E-state index contributed by atoms with van der Waals surface area (Å²) in [5.41, 5.74) is 4.58. The van der Waals surface area contributed by atoms with E-state index in [1.807, 2.05) is 67.3 Å². The Morgan fingerprint density at radius 3 is 2.52 bits per heavy atom. The molecule has 2 heterocycles. The monoisotopic (exact) mass is 406 g/mol. The minimum Gasteiger partial charge on any atom is -0.467 e. The third kappa shape index (κ3) is 4.38. The number of nitrogens with one attached hydrogen (secondary N) is 1. The first-order chi connectivity index (χ1) is 14.0. The number of amides is 2. The number of furan rings is 1. The summed E-state index contributed by atoms with van der Waals surface area (Å²) in [6.07, 6.45) is 1.61. The number of aryl methyl sites for hydroxylation is 2.